The van der Waals surface area contributed by atoms with E-state index in [1.54, 1.807) is 6.92 Å². The largest absolute Gasteiger partial charge is 0.372 e. The molecule has 1 unspecified atom stereocenters. The Bertz CT molecular complexity index is 288. The van der Waals surface area contributed by atoms with E-state index in [0.29, 0.717) is 0 Å². The van der Waals surface area contributed by atoms with Crippen LogP contribution in [-0.2, 0) is 19.1 Å². The van der Waals surface area contributed by atoms with E-state index in [0.717, 1.165) is 0 Å². The van der Waals surface area contributed by atoms with Crippen molar-refractivity contribution in [1.82, 2.24) is 4.90 Å². The van der Waals surface area contributed by atoms with Crippen molar-refractivity contribution in [3.63, 3.8) is 0 Å². The molecule has 1 heterocycles. The van der Waals surface area contributed by atoms with Crippen LogP contribution in [0.25, 0.3) is 0 Å². The highest BCUT2D eigenvalue weighted by Gasteiger charge is 2.34. The van der Waals surface area contributed by atoms with Crippen LogP contribution in [-0.4, -0.2) is 42.3 Å². The Labute approximate surface area is 102 Å². The molecule has 0 bridgehead atoms. The van der Waals surface area contributed by atoms with E-state index in [4.69, 9.17) is 4.74 Å². The predicted molar refractivity (Wildman–Crippen MR) is 63.3 cm³/mol. The summed E-state index contributed by atoms with van der Waals surface area (Å²) in [5.41, 5.74) is 0. The monoisotopic (exact) mass is 243 g/mol. The normalized spacial score (nSPS) is 19.1. The Balaban J connectivity index is 0.00000121. The highest BCUT2D eigenvalue weighted by atomic mass is 16.5. The number of amides is 2. The van der Waals surface area contributed by atoms with Gasteiger partial charge < -0.3 is 4.74 Å². The molecule has 17 heavy (non-hydrogen) atoms. The number of nitrogens with zero attached hydrogens (tertiary/aromatic N) is 1. The average molecular weight is 243 g/mol. The average Bonchev–Trinajstić information content (AvgIpc) is 2.52. The maximum atomic E-state index is 11.4. The number of ether oxygens (including phenoxy) is 1. The molecule has 0 radical (unpaired) electrons. The number of carbonyl (C=O) groups is 3. The van der Waals surface area contributed by atoms with Crippen molar-refractivity contribution in [3.05, 3.63) is 0 Å². The second-order valence-electron chi connectivity index (χ2n) is 3.74. The topological polar surface area (TPSA) is 63.7 Å². The number of imide groups is 1. The van der Waals surface area contributed by atoms with Crippen molar-refractivity contribution in [2.45, 2.75) is 34.1 Å². The second-order valence-corrected chi connectivity index (χ2v) is 3.74. The Hall–Kier alpha value is -1.23. The number of Topliss-reactive ketones (excluding diaryl/α,β-unsaturated/α-hetero) is 1. The van der Waals surface area contributed by atoms with Gasteiger partial charge in [0.1, 0.15) is 6.61 Å². The SMILES string of the molecule is CC.CC(=O)COCCN1C(=O)CC(C)C1=O. The van der Waals surface area contributed by atoms with Crippen LogP contribution in [0.15, 0.2) is 0 Å². The van der Waals surface area contributed by atoms with E-state index >= 15 is 0 Å². The van der Waals surface area contributed by atoms with E-state index < -0.39 is 0 Å². The summed E-state index contributed by atoms with van der Waals surface area (Å²) in [4.78, 5) is 34.5. The van der Waals surface area contributed by atoms with Crippen molar-refractivity contribution in [2.24, 2.45) is 5.92 Å². The summed E-state index contributed by atoms with van der Waals surface area (Å²) in [5, 5.41) is 0. The van der Waals surface area contributed by atoms with Gasteiger partial charge >= 0.3 is 0 Å². The van der Waals surface area contributed by atoms with Crippen molar-refractivity contribution >= 4 is 17.6 Å². The van der Waals surface area contributed by atoms with Gasteiger partial charge in [0, 0.05) is 12.3 Å². The van der Waals surface area contributed by atoms with Crippen molar-refractivity contribution in [2.75, 3.05) is 19.8 Å². The molecule has 1 fully saturated rings. The van der Waals surface area contributed by atoms with Crippen LogP contribution in [0, 0.1) is 5.92 Å². The van der Waals surface area contributed by atoms with E-state index in [9.17, 15) is 14.4 Å². The molecule has 0 saturated carbocycles. The minimum atomic E-state index is -0.217. The van der Waals surface area contributed by atoms with Gasteiger partial charge in [0.25, 0.3) is 0 Å². The highest BCUT2D eigenvalue weighted by Crippen LogP contribution is 2.17. The van der Waals surface area contributed by atoms with E-state index in [-0.39, 0.29) is 49.7 Å². The fraction of sp³-hybridized carbons (Fsp3) is 0.750. The first-order valence-corrected chi connectivity index (χ1v) is 5.93. The number of hydrogen-bond donors (Lipinski definition) is 0. The van der Waals surface area contributed by atoms with Gasteiger partial charge in [-0.15, -0.1) is 0 Å². The molecule has 0 aromatic carbocycles. The molecular weight excluding hydrogens is 222 g/mol. The van der Waals surface area contributed by atoms with Gasteiger partial charge in [-0.1, -0.05) is 20.8 Å². The molecule has 1 rings (SSSR count). The standard InChI is InChI=1S/C10H15NO4.C2H6/c1-7-5-9(13)11(10(7)14)3-4-15-6-8(2)12;1-2/h7H,3-6H2,1-2H3;1-2H3. The lowest BCUT2D eigenvalue weighted by Crippen LogP contribution is -2.33. The lowest BCUT2D eigenvalue weighted by atomic mass is 10.1. The van der Waals surface area contributed by atoms with Gasteiger partial charge in [-0.3, -0.25) is 19.3 Å². The Morgan fingerprint density at radius 2 is 2.00 bits per heavy atom. The first-order chi connectivity index (χ1) is 8.02. The molecular formula is C12H21NO4. The quantitative estimate of drug-likeness (QED) is 0.534. The molecule has 2 amide bonds. The van der Waals surface area contributed by atoms with Gasteiger partial charge in [0.2, 0.25) is 11.8 Å². The van der Waals surface area contributed by atoms with Crippen molar-refractivity contribution in [1.29, 1.82) is 0 Å². The number of rotatable bonds is 5. The predicted octanol–water partition coefficient (Wildman–Crippen LogP) is 1.01. The first-order valence-electron chi connectivity index (χ1n) is 5.93. The zero-order valence-corrected chi connectivity index (χ0v) is 11.0. The number of ketones is 1. The van der Waals surface area contributed by atoms with Crippen LogP contribution in [0.1, 0.15) is 34.1 Å². The molecule has 0 aromatic rings. The molecule has 0 N–H and O–H groups in total. The maximum Gasteiger partial charge on any atom is 0.232 e. The third kappa shape index (κ3) is 5.08. The highest BCUT2D eigenvalue weighted by molar-refractivity contribution is 6.03. The van der Waals surface area contributed by atoms with Gasteiger partial charge in [-0.2, -0.15) is 0 Å². The van der Waals surface area contributed by atoms with Gasteiger partial charge in [0.05, 0.1) is 13.2 Å². The van der Waals surface area contributed by atoms with Gasteiger partial charge in [0.15, 0.2) is 5.78 Å². The smallest absolute Gasteiger partial charge is 0.232 e. The lowest BCUT2D eigenvalue weighted by Gasteiger charge is -2.13. The van der Waals surface area contributed by atoms with Crippen LogP contribution < -0.4 is 0 Å². The fourth-order valence-corrected chi connectivity index (χ4v) is 1.45. The number of hydrogen-bond acceptors (Lipinski definition) is 4. The van der Waals surface area contributed by atoms with Crippen molar-refractivity contribution < 1.29 is 19.1 Å². The molecule has 5 nitrogen and oxygen atoms in total. The Kier molecular flexibility index (Phi) is 7.37. The van der Waals surface area contributed by atoms with Crippen molar-refractivity contribution in [3.8, 4) is 0 Å². The molecule has 0 spiro atoms. The minimum absolute atomic E-state index is 0.0335. The van der Waals surface area contributed by atoms with Gasteiger partial charge in [-0.05, 0) is 6.92 Å². The zero-order chi connectivity index (χ0) is 13.4. The zero-order valence-electron chi connectivity index (χ0n) is 11.0. The molecule has 0 aliphatic carbocycles. The van der Waals surface area contributed by atoms with Crippen LogP contribution in [0.4, 0.5) is 0 Å². The van der Waals surface area contributed by atoms with E-state index in [1.165, 1.54) is 11.8 Å². The van der Waals surface area contributed by atoms with Crippen LogP contribution in [0.3, 0.4) is 0 Å². The summed E-state index contributed by atoms with van der Waals surface area (Å²) in [6, 6.07) is 0. The Morgan fingerprint density at radius 3 is 2.41 bits per heavy atom. The first kappa shape index (κ1) is 15.8. The summed E-state index contributed by atoms with van der Waals surface area (Å²) in [6.07, 6.45) is 0.283. The fourth-order valence-electron chi connectivity index (χ4n) is 1.45. The molecule has 1 aliphatic rings. The lowest BCUT2D eigenvalue weighted by molar-refractivity contribution is -0.140. The molecule has 1 aliphatic heterocycles. The third-order valence-corrected chi connectivity index (χ3v) is 2.23. The van der Waals surface area contributed by atoms with E-state index in [2.05, 4.69) is 0 Å². The maximum absolute atomic E-state index is 11.4. The number of carbonyl (C=O) groups excluding carboxylic acids is 3. The molecule has 0 aromatic heterocycles. The summed E-state index contributed by atoms with van der Waals surface area (Å²) < 4.78 is 4.99. The third-order valence-electron chi connectivity index (χ3n) is 2.23. The van der Waals surface area contributed by atoms with Crippen LogP contribution in [0.5, 0.6) is 0 Å². The summed E-state index contributed by atoms with van der Waals surface area (Å²) >= 11 is 0. The summed E-state index contributed by atoms with van der Waals surface area (Å²) in [7, 11) is 0. The van der Waals surface area contributed by atoms with Crippen LogP contribution >= 0.6 is 0 Å². The molecule has 1 atom stereocenters. The second kappa shape index (κ2) is 7.95. The van der Waals surface area contributed by atoms with E-state index in [1.807, 2.05) is 13.8 Å². The van der Waals surface area contributed by atoms with Crippen LogP contribution in [0.2, 0.25) is 0 Å². The summed E-state index contributed by atoms with van der Waals surface area (Å²) in [5.74, 6) is -0.585. The molecule has 98 valence electrons. The van der Waals surface area contributed by atoms with Gasteiger partial charge in [-0.25, -0.2) is 0 Å². The Morgan fingerprint density at radius 1 is 1.41 bits per heavy atom. The number of likely N-dealkylation sites (tertiary alicyclic amines) is 1. The summed E-state index contributed by atoms with van der Waals surface area (Å²) in [6.45, 7) is 7.66. The minimum Gasteiger partial charge on any atom is -0.372 e. The molecule has 1 saturated heterocycles. The molecule has 5 heteroatoms.